The summed E-state index contributed by atoms with van der Waals surface area (Å²) in [4.78, 5) is 14.0. The van der Waals surface area contributed by atoms with Crippen molar-refractivity contribution in [3.8, 4) is 0 Å². The Balaban J connectivity index is 1.61. The third kappa shape index (κ3) is 2.67. The van der Waals surface area contributed by atoms with Gasteiger partial charge in [0.2, 0.25) is 5.91 Å². The first-order valence-corrected chi connectivity index (χ1v) is 7.07. The molecule has 19 heavy (non-hydrogen) atoms. The van der Waals surface area contributed by atoms with E-state index in [4.69, 9.17) is 5.73 Å². The molecule has 0 unspecified atom stereocenters. The predicted molar refractivity (Wildman–Crippen MR) is 77.3 cm³/mol. The van der Waals surface area contributed by atoms with Crippen LogP contribution in [-0.2, 0) is 11.2 Å². The van der Waals surface area contributed by atoms with Crippen molar-refractivity contribution in [1.82, 2.24) is 5.32 Å². The minimum absolute atomic E-state index is 0.177. The number of nitrogens with one attached hydrogen (secondary N) is 1. The van der Waals surface area contributed by atoms with Gasteiger partial charge in [-0.15, -0.1) is 0 Å². The van der Waals surface area contributed by atoms with E-state index in [-0.39, 0.29) is 5.91 Å². The van der Waals surface area contributed by atoms with Crippen LogP contribution < -0.4 is 16.0 Å². The summed E-state index contributed by atoms with van der Waals surface area (Å²) in [6, 6.07) is 4.68. The van der Waals surface area contributed by atoms with Gasteiger partial charge in [-0.25, -0.2) is 0 Å². The van der Waals surface area contributed by atoms with Crippen LogP contribution in [0.15, 0.2) is 12.1 Å². The molecule has 1 aromatic carbocycles. The minimum atomic E-state index is 0.177. The van der Waals surface area contributed by atoms with E-state index < -0.39 is 0 Å². The molecule has 1 amide bonds. The number of carbonyl (C=O) groups excluding carboxylic acids is 1. The summed E-state index contributed by atoms with van der Waals surface area (Å²) in [5.41, 5.74) is 10.5. The van der Waals surface area contributed by atoms with Crippen LogP contribution >= 0.6 is 0 Å². The number of hydrogen-bond donors (Lipinski definition) is 2. The van der Waals surface area contributed by atoms with Crippen molar-refractivity contribution in [2.45, 2.75) is 38.6 Å². The van der Waals surface area contributed by atoms with E-state index in [0.29, 0.717) is 12.5 Å². The topological polar surface area (TPSA) is 58.4 Å². The third-order valence-corrected chi connectivity index (χ3v) is 4.01. The molecule has 0 radical (unpaired) electrons. The van der Waals surface area contributed by atoms with Crippen molar-refractivity contribution >= 4 is 17.3 Å². The van der Waals surface area contributed by atoms with Gasteiger partial charge in [-0.3, -0.25) is 4.79 Å². The molecular formula is C15H21N3O. The number of nitrogens with two attached hydrogens (primary N) is 1. The van der Waals surface area contributed by atoms with Crippen molar-refractivity contribution in [2.75, 3.05) is 23.7 Å². The van der Waals surface area contributed by atoms with Crippen molar-refractivity contribution in [2.24, 2.45) is 0 Å². The van der Waals surface area contributed by atoms with Crippen LogP contribution in [0.25, 0.3) is 0 Å². The lowest BCUT2D eigenvalue weighted by Gasteiger charge is -2.19. The Hall–Kier alpha value is -1.71. The summed E-state index contributed by atoms with van der Waals surface area (Å²) < 4.78 is 0. The van der Waals surface area contributed by atoms with Crippen LogP contribution in [-0.4, -0.2) is 25.0 Å². The fourth-order valence-electron chi connectivity index (χ4n) is 2.64. The molecule has 4 nitrogen and oxygen atoms in total. The second-order valence-corrected chi connectivity index (χ2v) is 5.67. The highest BCUT2D eigenvalue weighted by Gasteiger charge is 2.24. The number of anilines is 2. The van der Waals surface area contributed by atoms with E-state index in [1.165, 1.54) is 11.3 Å². The smallest absolute Gasteiger partial charge is 0.221 e. The van der Waals surface area contributed by atoms with Crippen molar-refractivity contribution in [3.05, 3.63) is 23.3 Å². The number of fused-ring (bicyclic) bond motifs is 1. The highest BCUT2D eigenvalue weighted by Crippen LogP contribution is 2.32. The Bertz CT molecular complexity index is 508. The third-order valence-electron chi connectivity index (χ3n) is 4.01. The van der Waals surface area contributed by atoms with Gasteiger partial charge in [0, 0.05) is 36.9 Å². The summed E-state index contributed by atoms with van der Waals surface area (Å²) in [5, 5.41) is 3.03. The average molecular weight is 259 g/mol. The molecule has 1 aromatic rings. The zero-order valence-electron chi connectivity index (χ0n) is 11.4. The fraction of sp³-hybridized carbons (Fsp3) is 0.533. The van der Waals surface area contributed by atoms with Crippen LogP contribution in [0.1, 0.15) is 30.4 Å². The Kier molecular flexibility index (Phi) is 3.09. The lowest BCUT2D eigenvalue weighted by molar-refractivity contribution is -0.121. The maximum absolute atomic E-state index is 11.7. The zero-order chi connectivity index (χ0) is 13.4. The fourth-order valence-corrected chi connectivity index (χ4v) is 2.64. The molecule has 4 heteroatoms. The Labute approximate surface area is 114 Å². The summed E-state index contributed by atoms with van der Waals surface area (Å²) in [6.07, 6.45) is 3.92. The van der Waals surface area contributed by atoms with Gasteiger partial charge in [0.15, 0.2) is 0 Å². The van der Waals surface area contributed by atoms with Gasteiger partial charge in [0.05, 0.1) is 0 Å². The monoisotopic (exact) mass is 259 g/mol. The largest absolute Gasteiger partial charge is 0.398 e. The molecule has 1 fully saturated rings. The molecule has 0 aromatic heterocycles. The predicted octanol–water partition coefficient (Wildman–Crippen LogP) is 1.61. The van der Waals surface area contributed by atoms with Gasteiger partial charge in [-0.1, -0.05) is 6.07 Å². The van der Waals surface area contributed by atoms with Gasteiger partial charge in [-0.2, -0.15) is 0 Å². The van der Waals surface area contributed by atoms with Crippen LogP contribution in [0.5, 0.6) is 0 Å². The standard InChI is InChI=1S/C15H21N3O/c1-10-8-11-4-6-18(14(11)9-13(10)16)7-5-15(19)17-12-2-3-12/h8-9,12H,2-7,16H2,1H3,(H,17,19). The highest BCUT2D eigenvalue weighted by molar-refractivity contribution is 5.77. The molecule has 1 heterocycles. The number of amides is 1. The van der Waals surface area contributed by atoms with E-state index in [1.54, 1.807) is 0 Å². The van der Waals surface area contributed by atoms with E-state index >= 15 is 0 Å². The van der Waals surface area contributed by atoms with Crippen LogP contribution in [0, 0.1) is 6.92 Å². The van der Waals surface area contributed by atoms with Gasteiger partial charge >= 0.3 is 0 Å². The van der Waals surface area contributed by atoms with Gasteiger partial charge < -0.3 is 16.0 Å². The SMILES string of the molecule is Cc1cc2c(cc1N)N(CCC(=O)NC1CC1)CC2. The molecule has 3 N–H and O–H groups in total. The average Bonchev–Trinajstić information content (AvgIpc) is 3.10. The minimum Gasteiger partial charge on any atom is -0.398 e. The number of aryl methyl sites for hydroxylation is 1. The maximum Gasteiger partial charge on any atom is 0.221 e. The van der Waals surface area contributed by atoms with E-state index in [1.807, 2.05) is 6.92 Å². The van der Waals surface area contributed by atoms with Crippen LogP contribution in [0.2, 0.25) is 0 Å². The first-order chi connectivity index (χ1) is 9.13. The van der Waals surface area contributed by atoms with Gasteiger partial charge in [0.1, 0.15) is 0 Å². The number of benzene rings is 1. The Morgan fingerprint density at radius 3 is 3.00 bits per heavy atom. The lowest BCUT2D eigenvalue weighted by Crippen LogP contribution is -2.31. The molecule has 1 aliphatic heterocycles. The molecule has 1 saturated carbocycles. The number of nitrogens with zero attached hydrogens (tertiary/aromatic N) is 1. The molecule has 0 bridgehead atoms. The summed E-state index contributed by atoms with van der Waals surface area (Å²) in [5.74, 6) is 0.177. The van der Waals surface area contributed by atoms with E-state index in [0.717, 1.165) is 43.6 Å². The first kappa shape index (κ1) is 12.3. The van der Waals surface area contributed by atoms with E-state index in [9.17, 15) is 4.79 Å². The molecule has 0 saturated heterocycles. The maximum atomic E-state index is 11.7. The second-order valence-electron chi connectivity index (χ2n) is 5.67. The molecule has 2 aliphatic rings. The highest BCUT2D eigenvalue weighted by atomic mass is 16.1. The summed E-state index contributed by atoms with van der Waals surface area (Å²) >= 11 is 0. The van der Waals surface area contributed by atoms with Crippen molar-refractivity contribution < 1.29 is 4.79 Å². The molecule has 0 spiro atoms. The zero-order valence-corrected chi connectivity index (χ0v) is 11.4. The number of hydrogen-bond acceptors (Lipinski definition) is 3. The van der Waals surface area contributed by atoms with Crippen LogP contribution in [0.3, 0.4) is 0 Å². The summed E-state index contributed by atoms with van der Waals surface area (Å²) in [6.45, 7) is 3.82. The first-order valence-electron chi connectivity index (χ1n) is 7.07. The number of nitrogen functional groups attached to an aromatic ring is 1. The Morgan fingerprint density at radius 1 is 1.47 bits per heavy atom. The van der Waals surface area contributed by atoms with Crippen LogP contribution in [0.4, 0.5) is 11.4 Å². The number of rotatable bonds is 4. The van der Waals surface area contributed by atoms with Crippen molar-refractivity contribution in [1.29, 1.82) is 0 Å². The van der Waals surface area contributed by atoms with Crippen molar-refractivity contribution in [3.63, 3.8) is 0 Å². The van der Waals surface area contributed by atoms with Gasteiger partial charge in [-0.05, 0) is 43.4 Å². The Morgan fingerprint density at radius 2 is 2.26 bits per heavy atom. The molecule has 0 atom stereocenters. The molecule has 102 valence electrons. The normalized spacial score (nSPS) is 17.4. The second kappa shape index (κ2) is 4.76. The molecule has 3 rings (SSSR count). The van der Waals surface area contributed by atoms with E-state index in [2.05, 4.69) is 22.3 Å². The summed E-state index contributed by atoms with van der Waals surface area (Å²) in [7, 11) is 0. The molecule has 1 aliphatic carbocycles. The lowest BCUT2D eigenvalue weighted by atomic mass is 10.1. The van der Waals surface area contributed by atoms with Gasteiger partial charge in [0.25, 0.3) is 0 Å². The molecular weight excluding hydrogens is 238 g/mol. The quantitative estimate of drug-likeness (QED) is 0.808. The number of carbonyl (C=O) groups is 1.